The van der Waals surface area contributed by atoms with Gasteiger partial charge in [0, 0.05) is 19.4 Å². The van der Waals surface area contributed by atoms with E-state index in [1.54, 1.807) is 33.0 Å². The molecule has 0 fully saturated rings. The van der Waals surface area contributed by atoms with Gasteiger partial charge in [0.1, 0.15) is 12.4 Å². The van der Waals surface area contributed by atoms with Crippen LogP contribution in [0.1, 0.15) is 37.4 Å². The summed E-state index contributed by atoms with van der Waals surface area (Å²) in [5.74, 6) is 0.315. The van der Waals surface area contributed by atoms with Gasteiger partial charge in [-0.1, -0.05) is 32.0 Å². The van der Waals surface area contributed by atoms with Crippen LogP contribution in [-0.2, 0) is 9.59 Å². The Morgan fingerprint density at radius 2 is 1.87 bits per heavy atom. The summed E-state index contributed by atoms with van der Waals surface area (Å²) in [6.07, 6.45) is 0.457. The predicted molar refractivity (Wildman–Crippen MR) is 112 cm³/mol. The molecule has 1 unspecified atom stereocenters. The quantitative estimate of drug-likeness (QED) is 0.737. The first-order valence-corrected chi connectivity index (χ1v) is 10.1. The summed E-state index contributed by atoms with van der Waals surface area (Å²) in [6.45, 7) is 3.66. The third-order valence-electron chi connectivity index (χ3n) is 5.37. The number of fused-ring (bicyclic) bond motifs is 1. The Morgan fingerprint density at radius 1 is 1.16 bits per heavy atom. The number of carbonyl (C=O) groups is 2. The number of hydrazone groups is 1. The van der Waals surface area contributed by atoms with Gasteiger partial charge >= 0.3 is 0 Å². The van der Waals surface area contributed by atoms with Crippen LogP contribution in [0.3, 0.4) is 0 Å². The molecule has 2 aliphatic heterocycles. The number of carbonyl (C=O) groups excluding carboxylic acids is 2. The molecule has 7 nitrogen and oxygen atoms in total. The molecule has 1 atom stereocenters. The zero-order chi connectivity index (χ0) is 22.1. The van der Waals surface area contributed by atoms with E-state index in [2.05, 4.69) is 5.10 Å². The van der Waals surface area contributed by atoms with Crippen molar-refractivity contribution < 1.29 is 23.5 Å². The average Bonchev–Trinajstić information content (AvgIpc) is 3.40. The summed E-state index contributed by atoms with van der Waals surface area (Å²) in [7, 11) is 1.61. The Kier molecular flexibility index (Phi) is 5.63. The second-order valence-electron chi connectivity index (χ2n) is 7.97. The van der Waals surface area contributed by atoms with Gasteiger partial charge in [-0.25, -0.2) is 9.40 Å². The second kappa shape index (κ2) is 8.37. The maximum absolute atomic E-state index is 13.4. The standard InChI is InChI=1S/C23H24FN3O4/c1-14(2)23(29)26(3)12-22(28)27-19(16-6-9-20-21(10-16)31-13-30-20)11-18(25-27)15-4-7-17(24)8-5-15/h4-10,14,19H,11-13H2,1-3H3. The minimum absolute atomic E-state index is 0.0851. The predicted octanol–water partition coefficient (Wildman–Crippen LogP) is 3.35. The highest BCUT2D eigenvalue weighted by molar-refractivity contribution is 6.03. The number of ether oxygens (including phenoxy) is 2. The monoisotopic (exact) mass is 425 g/mol. The Hall–Kier alpha value is -3.42. The molecule has 0 spiro atoms. The Balaban J connectivity index is 1.63. The molecule has 4 rings (SSSR count). The average molecular weight is 425 g/mol. The molecule has 0 saturated carbocycles. The molecular formula is C23H24FN3O4. The summed E-state index contributed by atoms with van der Waals surface area (Å²) in [6, 6.07) is 11.2. The second-order valence-corrected chi connectivity index (χ2v) is 7.97. The number of amides is 2. The lowest BCUT2D eigenvalue weighted by atomic mass is 9.98. The number of hydrogen-bond acceptors (Lipinski definition) is 5. The highest BCUT2D eigenvalue weighted by atomic mass is 19.1. The van der Waals surface area contributed by atoms with E-state index in [4.69, 9.17) is 9.47 Å². The zero-order valence-corrected chi connectivity index (χ0v) is 17.7. The molecule has 2 aromatic carbocycles. The zero-order valence-electron chi connectivity index (χ0n) is 17.7. The van der Waals surface area contributed by atoms with E-state index in [0.29, 0.717) is 23.6 Å². The van der Waals surface area contributed by atoms with Crippen LogP contribution in [0.4, 0.5) is 4.39 Å². The summed E-state index contributed by atoms with van der Waals surface area (Å²) in [5.41, 5.74) is 2.26. The van der Waals surface area contributed by atoms with Crippen LogP contribution in [0.2, 0.25) is 0 Å². The maximum atomic E-state index is 13.4. The summed E-state index contributed by atoms with van der Waals surface area (Å²) < 4.78 is 24.2. The number of rotatable bonds is 5. The van der Waals surface area contributed by atoms with Crippen LogP contribution in [0.25, 0.3) is 0 Å². The van der Waals surface area contributed by atoms with Crippen molar-refractivity contribution in [3.05, 3.63) is 59.4 Å². The summed E-state index contributed by atoms with van der Waals surface area (Å²) in [5, 5.41) is 5.98. The molecule has 0 bridgehead atoms. The fraction of sp³-hybridized carbons (Fsp3) is 0.348. The van der Waals surface area contributed by atoms with Gasteiger partial charge in [0.25, 0.3) is 5.91 Å². The summed E-state index contributed by atoms with van der Waals surface area (Å²) >= 11 is 0. The van der Waals surface area contributed by atoms with E-state index in [-0.39, 0.29) is 42.9 Å². The van der Waals surface area contributed by atoms with Crippen LogP contribution in [-0.4, -0.2) is 47.8 Å². The number of halogens is 1. The number of hydrogen-bond donors (Lipinski definition) is 0. The molecule has 2 aromatic rings. The maximum Gasteiger partial charge on any atom is 0.262 e. The third-order valence-corrected chi connectivity index (χ3v) is 5.37. The van der Waals surface area contributed by atoms with Crippen LogP contribution in [0, 0.1) is 11.7 Å². The van der Waals surface area contributed by atoms with Gasteiger partial charge < -0.3 is 14.4 Å². The third kappa shape index (κ3) is 4.23. The van der Waals surface area contributed by atoms with Crippen molar-refractivity contribution in [1.29, 1.82) is 0 Å². The van der Waals surface area contributed by atoms with Crippen molar-refractivity contribution in [1.82, 2.24) is 9.91 Å². The molecule has 0 aromatic heterocycles. The number of nitrogens with zero attached hydrogens (tertiary/aromatic N) is 3. The Morgan fingerprint density at radius 3 is 2.58 bits per heavy atom. The normalized spacial score (nSPS) is 17.1. The molecule has 8 heteroatoms. The molecule has 31 heavy (non-hydrogen) atoms. The number of likely N-dealkylation sites (N-methyl/N-ethyl adjacent to an activating group) is 1. The van der Waals surface area contributed by atoms with Gasteiger partial charge in [-0.3, -0.25) is 9.59 Å². The first-order valence-electron chi connectivity index (χ1n) is 10.1. The van der Waals surface area contributed by atoms with E-state index in [9.17, 15) is 14.0 Å². The topological polar surface area (TPSA) is 71.4 Å². The van der Waals surface area contributed by atoms with Crippen molar-refractivity contribution in [2.75, 3.05) is 20.4 Å². The molecule has 0 saturated heterocycles. The van der Waals surface area contributed by atoms with Gasteiger partial charge in [-0.15, -0.1) is 0 Å². The Labute approximate surface area is 180 Å². The molecule has 2 amide bonds. The highest BCUT2D eigenvalue weighted by Crippen LogP contribution is 2.39. The first-order chi connectivity index (χ1) is 14.8. The molecule has 162 valence electrons. The van der Waals surface area contributed by atoms with E-state index in [0.717, 1.165) is 11.1 Å². The van der Waals surface area contributed by atoms with E-state index >= 15 is 0 Å². The molecule has 2 aliphatic rings. The fourth-order valence-electron chi connectivity index (χ4n) is 3.73. The van der Waals surface area contributed by atoms with Crippen LogP contribution in [0.15, 0.2) is 47.6 Å². The number of benzene rings is 2. The van der Waals surface area contributed by atoms with Crippen LogP contribution in [0.5, 0.6) is 11.5 Å². The lowest BCUT2D eigenvalue weighted by Crippen LogP contribution is -2.40. The smallest absolute Gasteiger partial charge is 0.262 e. The molecule has 2 heterocycles. The minimum atomic E-state index is -0.371. The van der Waals surface area contributed by atoms with Crippen LogP contribution < -0.4 is 9.47 Å². The van der Waals surface area contributed by atoms with Crippen molar-refractivity contribution >= 4 is 17.5 Å². The Bertz CT molecular complexity index is 1040. The molecule has 0 aliphatic carbocycles. The van der Waals surface area contributed by atoms with E-state index in [1.807, 2.05) is 18.2 Å². The van der Waals surface area contributed by atoms with Gasteiger partial charge in [-0.05, 0) is 35.4 Å². The van der Waals surface area contributed by atoms with Crippen molar-refractivity contribution in [2.24, 2.45) is 11.0 Å². The van der Waals surface area contributed by atoms with E-state index in [1.165, 1.54) is 22.0 Å². The van der Waals surface area contributed by atoms with Crippen molar-refractivity contribution in [3.8, 4) is 11.5 Å². The largest absolute Gasteiger partial charge is 0.454 e. The van der Waals surface area contributed by atoms with Gasteiger partial charge in [-0.2, -0.15) is 5.10 Å². The first kappa shape index (κ1) is 20.8. The SMILES string of the molecule is CC(C)C(=O)N(C)CC(=O)N1N=C(c2ccc(F)cc2)CC1c1ccc2c(c1)OCO2. The molecular weight excluding hydrogens is 401 g/mol. The highest BCUT2D eigenvalue weighted by Gasteiger charge is 2.35. The van der Waals surface area contributed by atoms with Crippen LogP contribution >= 0.6 is 0 Å². The van der Waals surface area contributed by atoms with Gasteiger partial charge in [0.2, 0.25) is 12.7 Å². The molecule has 0 radical (unpaired) electrons. The lowest BCUT2D eigenvalue weighted by Gasteiger charge is -2.25. The van der Waals surface area contributed by atoms with Gasteiger partial charge in [0.05, 0.1) is 11.8 Å². The minimum Gasteiger partial charge on any atom is -0.454 e. The summed E-state index contributed by atoms with van der Waals surface area (Å²) in [4.78, 5) is 26.8. The molecule has 0 N–H and O–H groups in total. The van der Waals surface area contributed by atoms with Gasteiger partial charge in [0.15, 0.2) is 11.5 Å². The van der Waals surface area contributed by atoms with Crippen molar-refractivity contribution in [3.63, 3.8) is 0 Å². The van der Waals surface area contributed by atoms with E-state index < -0.39 is 0 Å². The fourth-order valence-corrected chi connectivity index (χ4v) is 3.73. The van der Waals surface area contributed by atoms with Crippen molar-refractivity contribution in [2.45, 2.75) is 26.3 Å². The lowest BCUT2D eigenvalue weighted by molar-refractivity contribution is -0.142.